The van der Waals surface area contributed by atoms with E-state index in [4.69, 9.17) is 9.47 Å². The van der Waals surface area contributed by atoms with Crippen molar-refractivity contribution in [3.63, 3.8) is 0 Å². The molecule has 4 aromatic rings. The third-order valence-electron chi connectivity index (χ3n) is 6.88. The van der Waals surface area contributed by atoms with Gasteiger partial charge in [0.1, 0.15) is 17.6 Å². The number of rotatable bonds is 7. The molecule has 0 fully saturated rings. The zero-order valence-electron chi connectivity index (χ0n) is 20.3. The number of hydrogen-bond acceptors (Lipinski definition) is 4. The minimum absolute atomic E-state index is 0. The van der Waals surface area contributed by atoms with Gasteiger partial charge < -0.3 is 19.9 Å². The van der Waals surface area contributed by atoms with E-state index in [-0.39, 0.29) is 36.0 Å². The molecule has 5 rings (SSSR count). The van der Waals surface area contributed by atoms with Crippen LogP contribution in [0.25, 0.3) is 10.8 Å². The van der Waals surface area contributed by atoms with E-state index in [9.17, 15) is 9.90 Å². The predicted octanol–water partition coefficient (Wildman–Crippen LogP) is 6.60. The van der Waals surface area contributed by atoms with Gasteiger partial charge in [0.25, 0.3) is 0 Å². The molecular formula is C30H30ClNO4. The molecule has 0 aromatic heterocycles. The van der Waals surface area contributed by atoms with Crippen molar-refractivity contribution in [1.29, 1.82) is 0 Å². The number of hydrogen-bond donors (Lipinski definition) is 2. The summed E-state index contributed by atoms with van der Waals surface area (Å²) in [5.74, 6) is 0.536. The largest absolute Gasteiger partial charge is 0.496 e. The standard InChI is InChI=1S/C30H29NO4.ClH/c1-19(23-12-7-9-20-8-3-4-10-24(20)23)31-18-22-17-26(25-11-5-6-13-29(25)35-22)27-16-21(30(32)33)14-15-28(27)34-2;/h3-16,19,22,26,31H,17-18H2,1-2H3,(H,32,33);1H/t19-,22-,26-;/m1./s1. The lowest BCUT2D eigenvalue weighted by Crippen LogP contribution is -2.37. The van der Waals surface area contributed by atoms with Gasteiger partial charge in [-0.1, -0.05) is 60.7 Å². The van der Waals surface area contributed by atoms with Crippen LogP contribution < -0.4 is 14.8 Å². The number of methoxy groups -OCH3 is 1. The minimum Gasteiger partial charge on any atom is -0.496 e. The lowest BCUT2D eigenvalue weighted by molar-refractivity contribution is 0.0696. The second-order valence-electron chi connectivity index (χ2n) is 9.03. The molecule has 0 radical (unpaired) electrons. The van der Waals surface area contributed by atoms with Gasteiger partial charge in [0.05, 0.1) is 12.7 Å². The van der Waals surface area contributed by atoms with Crippen LogP contribution in [-0.4, -0.2) is 30.8 Å². The van der Waals surface area contributed by atoms with Crippen LogP contribution in [0.2, 0.25) is 0 Å². The molecule has 0 saturated carbocycles. The van der Waals surface area contributed by atoms with E-state index in [1.165, 1.54) is 16.3 Å². The highest BCUT2D eigenvalue weighted by atomic mass is 35.5. The molecule has 2 N–H and O–H groups in total. The normalized spacial score (nSPS) is 17.4. The third kappa shape index (κ3) is 5.03. The number of benzene rings is 4. The van der Waals surface area contributed by atoms with Gasteiger partial charge in [-0.2, -0.15) is 0 Å². The Morgan fingerprint density at radius 3 is 2.58 bits per heavy atom. The first-order valence-corrected chi connectivity index (χ1v) is 11.9. The molecule has 0 saturated heterocycles. The van der Waals surface area contributed by atoms with Crippen LogP contribution in [0.5, 0.6) is 11.5 Å². The maximum Gasteiger partial charge on any atom is 0.335 e. The van der Waals surface area contributed by atoms with E-state index in [1.54, 1.807) is 25.3 Å². The second kappa shape index (κ2) is 11.0. The summed E-state index contributed by atoms with van der Waals surface area (Å²) < 4.78 is 12.0. The Morgan fingerprint density at radius 1 is 1.03 bits per heavy atom. The Morgan fingerprint density at radius 2 is 1.78 bits per heavy atom. The molecular weight excluding hydrogens is 474 g/mol. The van der Waals surface area contributed by atoms with Crippen LogP contribution in [-0.2, 0) is 0 Å². The smallest absolute Gasteiger partial charge is 0.335 e. The topological polar surface area (TPSA) is 67.8 Å². The Bertz CT molecular complexity index is 1370. The van der Waals surface area contributed by atoms with Gasteiger partial charge in [-0.25, -0.2) is 4.79 Å². The molecule has 4 aromatic carbocycles. The first-order valence-electron chi connectivity index (χ1n) is 11.9. The van der Waals surface area contributed by atoms with E-state index < -0.39 is 5.97 Å². The zero-order chi connectivity index (χ0) is 24.4. The molecule has 6 heteroatoms. The lowest BCUT2D eigenvalue weighted by atomic mass is 9.83. The Hall–Kier alpha value is -3.54. The molecule has 0 spiro atoms. The van der Waals surface area contributed by atoms with Crippen molar-refractivity contribution in [1.82, 2.24) is 5.32 Å². The van der Waals surface area contributed by atoms with Crippen LogP contribution in [0.4, 0.5) is 0 Å². The van der Waals surface area contributed by atoms with E-state index in [2.05, 4.69) is 60.8 Å². The fourth-order valence-corrected chi connectivity index (χ4v) is 5.10. The summed E-state index contributed by atoms with van der Waals surface area (Å²) in [6, 6.07) is 28.0. The van der Waals surface area contributed by atoms with E-state index in [0.717, 1.165) is 16.9 Å². The fourth-order valence-electron chi connectivity index (χ4n) is 5.10. The number of carbonyl (C=O) groups is 1. The summed E-state index contributed by atoms with van der Waals surface area (Å²) in [4.78, 5) is 11.7. The highest BCUT2D eigenvalue weighted by molar-refractivity contribution is 5.88. The molecule has 1 aliphatic rings. The maximum absolute atomic E-state index is 11.7. The summed E-state index contributed by atoms with van der Waals surface area (Å²) in [5, 5.41) is 15.7. The van der Waals surface area contributed by atoms with Gasteiger partial charge in [-0.3, -0.25) is 0 Å². The van der Waals surface area contributed by atoms with Crippen LogP contribution in [0, 0.1) is 0 Å². The van der Waals surface area contributed by atoms with Crippen molar-refractivity contribution in [3.05, 3.63) is 107 Å². The highest BCUT2D eigenvalue weighted by Crippen LogP contribution is 2.43. The molecule has 0 amide bonds. The number of halogens is 1. The van der Waals surface area contributed by atoms with Crippen molar-refractivity contribution < 1.29 is 19.4 Å². The van der Waals surface area contributed by atoms with Gasteiger partial charge in [0.15, 0.2) is 0 Å². The van der Waals surface area contributed by atoms with Crippen molar-refractivity contribution in [2.75, 3.05) is 13.7 Å². The zero-order valence-corrected chi connectivity index (χ0v) is 21.1. The Kier molecular flexibility index (Phi) is 7.82. The van der Waals surface area contributed by atoms with Crippen LogP contribution in [0.1, 0.15) is 52.4 Å². The van der Waals surface area contributed by atoms with Crippen molar-refractivity contribution in [2.24, 2.45) is 0 Å². The predicted molar refractivity (Wildman–Crippen MR) is 145 cm³/mol. The molecule has 186 valence electrons. The fraction of sp³-hybridized carbons (Fsp3) is 0.233. The molecule has 3 atom stereocenters. The second-order valence-corrected chi connectivity index (χ2v) is 9.03. The van der Waals surface area contributed by atoms with E-state index in [0.29, 0.717) is 18.7 Å². The lowest BCUT2D eigenvalue weighted by Gasteiger charge is -2.34. The quantitative estimate of drug-likeness (QED) is 0.297. The summed E-state index contributed by atoms with van der Waals surface area (Å²) >= 11 is 0. The molecule has 5 nitrogen and oxygen atoms in total. The number of nitrogens with one attached hydrogen (secondary N) is 1. The van der Waals surface area contributed by atoms with Gasteiger partial charge >= 0.3 is 5.97 Å². The van der Waals surface area contributed by atoms with Gasteiger partial charge in [0, 0.05) is 29.6 Å². The number of carboxylic acid groups (broad SMARTS) is 1. The third-order valence-corrected chi connectivity index (χ3v) is 6.88. The maximum atomic E-state index is 11.7. The number of para-hydroxylation sites is 1. The van der Waals surface area contributed by atoms with Gasteiger partial charge in [-0.15, -0.1) is 12.4 Å². The van der Waals surface area contributed by atoms with Crippen molar-refractivity contribution in [3.8, 4) is 11.5 Å². The highest BCUT2D eigenvalue weighted by Gasteiger charge is 2.31. The first-order chi connectivity index (χ1) is 17.0. The first kappa shape index (κ1) is 25.5. The van der Waals surface area contributed by atoms with Gasteiger partial charge in [-0.05, 0) is 53.9 Å². The van der Waals surface area contributed by atoms with Crippen LogP contribution in [0.3, 0.4) is 0 Å². The summed E-state index contributed by atoms with van der Waals surface area (Å²) in [7, 11) is 1.62. The Balaban J connectivity index is 0.00000304. The van der Waals surface area contributed by atoms with Crippen LogP contribution in [0.15, 0.2) is 84.9 Å². The average molecular weight is 504 g/mol. The van der Waals surface area contributed by atoms with Crippen molar-refractivity contribution >= 4 is 29.1 Å². The molecule has 0 bridgehead atoms. The SMILES string of the molecule is COc1ccc(C(=O)O)cc1[C@@H]1C[C@H](CN[C@H](C)c2cccc3ccccc23)Oc2ccccc21.Cl. The molecule has 1 aliphatic heterocycles. The number of aromatic carboxylic acids is 1. The minimum atomic E-state index is -0.948. The Labute approximate surface area is 217 Å². The molecule has 0 aliphatic carbocycles. The average Bonchev–Trinajstić information content (AvgIpc) is 2.90. The van der Waals surface area contributed by atoms with Gasteiger partial charge in [0.2, 0.25) is 0 Å². The number of carboxylic acids is 1. The molecule has 36 heavy (non-hydrogen) atoms. The summed E-state index contributed by atoms with van der Waals surface area (Å²) in [6.45, 7) is 2.84. The molecule has 0 unspecified atom stereocenters. The number of ether oxygens (including phenoxy) is 2. The molecule has 1 heterocycles. The summed E-state index contributed by atoms with van der Waals surface area (Å²) in [5.41, 5.74) is 3.43. The monoisotopic (exact) mass is 503 g/mol. The van der Waals surface area contributed by atoms with E-state index in [1.807, 2.05) is 18.2 Å². The van der Waals surface area contributed by atoms with Crippen LogP contribution >= 0.6 is 12.4 Å². The number of fused-ring (bicyclic) bond motifs is 2. The van der Waals surface area contributed by atoms with Crippen molar-refractivity contribution in [2.45, 2.75) is 31.4 Å². The summed E-state index contributed by atoms with van der Waals surface area (Å²) in [6.07, 6.45) is 0.636. The van der Waals surface area contributed by atoms with E-state index >= 15 is 0 Å².